The Bertz CT molecular complexity index is 665. The number of nitro benzene ring substituents is 1. The molecule has 1 aromatic carbocycles. The molecule has 2 rings (SSSR count). The number of benzene rings is 1. The Balaban J connectivity index is 2.24. The summed E-state index contributed by atoms with van der Waals surface area (Å²) in [4.78, 5) is 22.3. The van der Waals surface area contributed by atoms with Gasteiger partial charge in [0.05, 0.1) is 4.92 Å². The van der Waals surface area contributed by atoms with Crippen molar-refractivity contribution in [2.75, 3.05) is 17.7 Å². The molecule has 0 radical (unpaired) electrons. The molecule has 0 atom stereocenters. The Morgan fingerprint density at radius 1 is 1.40 bits per heavy atom. The van der Waals surface area contributed by atoms with Crippen LogP contribution in [-0.4, -0.2) is 27.7 Å². The standard InChI is InChI=1S/C12H13N5O3/c1-13-9-7-8(3-4-10(9)17(19)20)12(18)14-11-5-6-16(2)15-11/h3-7,13H,1-2H3,(H,14,15,18). The third-order valence-corrected chi connectivity index (χ3v) is 2.68. The van der Waals surface area contributed by atoms with Crippen molar-refractivity contribution in [2.45, 2.75) is 0 Å². The van der Waals surface area contributed by atoms with E-state index in [2.05, 4.69) is 15.7 Å². The van der Waals surface area contributed by atoms with E-state index >= 15 is 0 Å². The second kappa shape index (κ2) is 5.39. The van der Waals surface area contributed by atoms with Gasteiger partial charge in [-0.25, -0.2) is 0 Å². The van der Waals surface area contributed by atoms with Gasteiger partial charge in [0, 0.05) is 38.0 Å². The van der Waals surface area contributed by atoms with Gasteiger partial charge in [-0.2, -0.15) is 5.10 Å². The summed E-state index contributed by atoms with van der Waals surface area (Å²) < 4.78 is 1.56. The van der Waals surface area contributed by atoms with Crippen LogP contribution in [0.15, 0.2) is 30.5 Å². The highest BCUT2D eigenvalue weighted by Crippen LogP contribution is 2.25. The van der Waals surface area contributed by atoms with Crippen molar-refractivity contribution in [2.24, 2.45) is 7.05 Å². The lowest BCUT2D eigenvalue weighted by molar-refractivity contribution is -0.383. The number of nitrogens with one attached hydrogen (secondary N) is 2. The maximum atomic E-state index is 12.0. The predicted molar refractivity (Wildman–Crippen MR) is 73.8 cm³/mol. The lowest BCUT2D eigenvalue weighted by Crippen LogP contribution is -2.13. The zero-order valence-corrected chi connectivity index (χ0v) is 11.0. The highest BCUT2D eigenvalue weighted by atomic mass is 16.6. The predicted octanol–water partition coefficient (Wildman–Crippen LogP) is 1.62. The van der Waals surface area contributed by atoms with Crippen LogP contribution in [0, 0.1) is 10.1 Å². The first-order chi connectivity index (χ1) is 9.51. The van der Waals surface area contributed by atoms with Gasteiger partial charge in [-0.05, 0) is 12.1 Å². The molecule has 8 nitrogen and oxygen atoms in total. The zero-order valence-electron chi connectivity index (χ0n) is 11.0. The molecule has 0 fully saturated rings. The Morgan fingerprint density at radius 3 is 2.70 bits per heavy atom. The summed E-state index contributed by atoms with van der Waals surface area (Å²) in [5.41, 5.74) is 0.510. The van der Waals surface area contributed by atoms with E-state index in [0.29, 0.717) is 11.4 Å². The maximum absolute atomic E-state index is 12.0. The van der Waals surface area contributed by atoms with Gasteiger partial charge < -0.3 is 10.6 Å². The smallest absolute Gasteiger partial charge is 0.292 e. The number of carbonyl (C=O) groups excluding carboxylic acids is 1. The highest BCUT2D eigenvalue weighted by molar-refractivity contribution is 6.04. The molecule has 0 bridgehead atoms. The minimum absolute atomic E-state index is 0.0816. The van der Waals surface area contributed by atoms with E-state index in [1.54, 1.807) is 31.0 Å². The van der Waals surface area contributed by atoms with E-state index in [4.69, 9.17) is 0 Å². The van der Waals surface area contributed by atoms with E-state index < -0.39 is 4.92 Å². The van der Waals surface area contributed by atoms with Crippen LogP contribution in [0.5, 0.6) is 0 Å². The molecule has 2 N–H and O–H groups in total. The van der Waals surface area contributed by atoms with E-state index in [-0.39, 0.29) is 17.3 Å². The molecule has 2 aromatic rings. The van der Waals surface area contributed by atoms with Gasteiger partial charge in [0.1, 0.15) is 5.69 Å². The zero-order chi connectivity index (χ0) is 14.7. The first-order valence-electron chi connectivity index (χ1n) is 5.78. The van der Waals surface area contributed by atoms with Crippen molar-refractivity contribution in [3.05, 3.63) is 46.1 Å². The molecule has 1 aromatic heterocycles. The molecule has 0 aliphatic rings. The van der Waals surface area contributed by atoms with Gasteiger partial charge >= 0.3 is 0 Å². The summed E-state index contributed by atoms with van der Waals surface area (Å²) in [6, 6.07) is 5.77. The number of aryl methyl sites for hydroxylation is 1. The summed E-state index contributed by atoms with van der Waals surface area (Å²) in [6.45, 7) is 0. The first kappa shape index (κ1) is 13.5. The highest BCUT2D eigenvalue weighted by Gasteiger charge is 2.16. The Morgan fingerprint density at radius 2 is 2.15 bits per heavy atom. The van der Waals surface area contributed by atoms with Crippen LogP contribution in [0.4, 0.5) is 17.2 Å². The number of aromatic nitrogens is 2. The number of amides is 1. The summed E-state index contributed by atoms with van der Waals surface area (Å²) >= 11 is 0. The number of rotatable bonds is 4. The number of hydrogen-bond donors (Lipinski definition) is 2. The summed E-state index contributed by atoms with van der Waals surface area (Å²) in [6.07, 6.45) is 1.70. The molecule has 0 spiro atoms. The Hall–Kier alpha value is -2.90. The number of hydrogen-bond acceptors (Lipinski definition) is 5. The van der Waals surface area contributed by atoms with E-state index in [1.807, 2.05) is 0 Å². The summed E-state index contributed by atoms with van der Waals surface area (Å²) in [7, 11) is 3.30. The third-order valence-electron chi connectivity index (χ3n) is 2.68. The topological polar surface area (TPSA) is 102 Å². The minimum Gasteiger partial charge on any atom is -0.383 e. The molecule has 8 heteroatoms. The van der Waals surface area contributed by atoms with Crippen molar-refractivity contribution in [1.29, 1.82) is 0 Å². The van der Waals surface area contributed by atoms with Gasteiger partial charge in [0.2, 0.25) is 0 Å². The van der Waals surface area contributed by atoms with Gasteiger partial charge in [0.25, 0.3) is 11.6 Å². The monoisotopic (exact) mass is 275 g/mol. The number of nitrogens with zero attached hydrogens (tertiary/aromatic N) is 3. The van der Waals surface area contributed by atoms with Gasteiger partial charge in [-0.1, -0.05) is 0 Å². The molecule has 0 saturated carbocycles. The summed E-state index contributed by atoms with van der Waals surface area (Å²) in [5.74, 6) is 0.0389. The second-order valence-corrected chi connectivity index (χ2v) is 4.07. The number of carbonyl (C=O) groups is 1. The molecule has 1 heterocycles. The fourth-order valence-electron chi connectivity index (χ4n) is 1.71. The van der Waals surface area contributed by atoms with Crippen LogP contribution in [0.2, 0.25) is 0 Å². The molecular formula is C12H13N5O3. The largest absolute Gasteiger partial charge is 0.383 e. The summed E-state index contributed by atoms with van der Waals surface area (Å²) in [5, 5.41) is 20.1. The minimum atomic E-state index is -0.508. The van der Waals surface area contributed by atoms with Crippen LogP contribution >= 0.6 is 0 Å². The fourth-order valence-corrected chi connectivity index (χ4v) is 1.71. The first-order valence-corrected chi connectivity index (χ1v) is 5.78. The number of anilines is 2. The number of nitro groups is 1. The molecule has 0 unspecified atom stereocenters. The van der Waals surface area contributed by atoms with Crippen molar-refractivity contribution in [3.8, 4) is 0 Å². The van der Waals surface area contributed by atoms with Crippen LogP contribution in [-0.2, 0) is 7.05 Å². The second-order valence-electron chi connectivity index (χ2n) is 4.07. The normalized spacial score (nSPS) is 10.1. The van der Waals surface area contributed by atoms with Crippen LogP contribution in [0.3, 0.4) is 0 Å². The molecule has 1 amide bonds. The lowest BCUT2D eigenvalue weighted by atomic mass is 10.1. The third kappa shape index (κ3) is 2.74. The SMILES string of the molecule is CNc1cc(C(=O)Nc2ccn(C)n2)ccc1[N+](=O)[O-]. The molecule has 0 aliphatic heterocycles. The Labute approximate surface area is 114 Å². The van der Waals surface area contributed by atoms with Crippen molar-refractivity contribution in [1.82, 2.24) is 9.78 Å². The molecule has 0 aliphatic carbocycles. The average molecular weight is 275 g/mol. The van der Waals surface area contributed by atoms with E-state index in [1.165, 1.54) is 18.2 Å². The molecular weight excluding hydrogens is 262 g/mol. The molecule has 104 valence electrons. The molecule has 0 saturated heterocycles. The van der Waals surface area contributed by atoms with E-state index in [0.717, 1.165) is 0 Å². The van der Waals surface area contributed by atoms with Crippen molar-refractivity contribution >= 4 is 23.1 Å². The van der Waals surface area contributed by atoms with Gasteiger partial charge in [0.15, 0.2) is 5.82 Å². The quantitative estimate of drug-likeness (QED) is 0.652. The van der Waals surface area contributed by atoms with E-state index in [9.17, 15) is 14.9 Å². The van der Waals surface area contributed by atoms with Crippen LogP contribution in [0.1, 0.15) is 10.4 Å². The average Bonchev–Trinajstić information content (AvgIpc) is 2.83. The van der Waals surface area contributed by atoms with Crippen molar-refractivity contribution < 1.29 is 9.72 Å². The van der Waals surface area contributed by atoms with Crippen molar-refractivity contribution in [3.63, 3.8) is 0 Å². The van der Waals surface area contributed by atoms with Gasteiger partial charge in [-0.3, -0.25) is 19.6 Å². The maximum Gasteiger partial charge on any atom is 0.292 e. The molecule has 20 heavy (non-hydrogen) atoms. The van der Waals surface area contributed by atoms with Crippen LogP contribution < -0.4 is 10.6 Å². The lowest BCUT2D eigenvalue weighted by Gasteiger charge is -2.06. The van der Waals surface area contributed by atoms with Gasteiger partial charge in [-0.15, -0.1) is 0 Å². The van der Waals surface area contributed by atoms with Crippen LogP contribution in [0.25, 0.3) is 0 Å². The fraction of sp³-hybridized carbons (Fsp3) is 0.167. The Kier molecular flexibility index (Phi) is 3.65.